The Morgan fingerprint density at radius 1 is 0.423 bits per heavy atom. The van der Waals surface area contributed by atoms with E-state index in [1.54, 1.807) is 0 Å². The molecule has 0 unspecified atom stereocenters. The van der Waals surface area contributed by atoms with Gasteiger partial charge >= 0.3 is 0 Å². The van der Waals surface area contributed by atoms with E-state index in [9.17, 15) is 5.26 Å². The van der Waals surface area contributed by atoms with Crippen molar-refractivity contribution in [2.75, 3.05) is 0 Å². The molecular weight excluding hydrogens is 627 g/mol. The maximum Gasteiger partial charge on any atom is 0.0991 e. The summed E-state index contributed by atoms with van der Waals surface area (Å²) in [6.45, 7) is 4.58. The van der Waals surface area contributed by atoms with Gasteiger partial charge in [0.15, 0.2) is 0 Å². The maximum absolute atomic E-state index is 9.24. The molecule has 244 valence electrons. The number of rotatable bonds is 8. The van der Waals surface area contributed by atoms with Gasteiger partial charge in [-0.3, -0.25) is 0 Å². The Balaban J connectivity index is 1.22. The van der Waals surface area contributed by atoms with Gasteiger partial charge in [-0.1, -0.05) is 176 Å². The van der Waals surface area contributed by atoms with Gasteiger partial charge in [-0.15, -0.1) is 0 Å². The third-order valence-electron chi connectivity index (χ3n) is 9.70. The Morgan fingerprint density at radius 2 is 0.865 bits per heavy atom. The Kier molecular flexibility index (Phi) is 8.95. The molecule has 0 saturated heterocycles. The van der Waals surface area contributed by atoms with Gasteiger partial charge < -0.3 is 0 Å². The summed E-state index contributed by atoms with van der Waals surface area (Å²) in [5.74, 6) is 0. The minimum Gasteiger partial charge on any atom is -0.192 e. The summed E-state index contributed by atoms with van der Waals surface area (Å²) in [5.41, 5.74) is 15.3. The topological polar surface area (TPSA) is 23.8 Å². The zero-order valence-electron chi connectivity index (χ0n) is 28.7. The van der Waals surface area contributed by atoms with Crippen LogP contribution in [0.5, 0.6) is 0 Å². The highest BCUT2D eigenvalue weighted by Gasteiger charge is 2.14. The average Bonchev–Trinajstić information content (AvgIpc) is 3.23. The molecule has 1 nitrogen and oxygen atoms in total. The molecular formula is C51H35N. The molecule has 0 aliphatic carbocycles. The quantitative estimate of drug-likeness (QED) is 0.149. The molecule has 0 N–H and O–H groups in total. The molecule has 0 fully saturated rings. The predicted octanol–water partition coefficient (Wildman–Crippen LogP) is 13.5. The highest BCUT2D eigenvalue weighted by atomic mass is 14.2. The van der Waals surface area contributed by atoms with E-state index in [1.165, 1.54) is 38.6 Å². The minimum atomic E-state index is 0.661. The van der Waals surface area contributed by atoms with Crippen molar-refractivity contribution < 1.29 is 0 Å². The molecule has 0 amide bonds. The molecule has 0 atom stereocenters. The second-order valence-electron chi connectivity index (χ2n) is 13.0. The second-order valence-corrected chi connectivity index (χ2v) is 13.0. The normalized spacial score (nSPS) is 11.2. The average molecular weight is 662 g/mol. The van der Waals surface area contributed by atoms with E-state index < -0.39 is 0 Å². The fourth-order valence-corrected chi connectivity index (χ4v) is 6.86. The molecule has 8 rings (SSSR count). The smallest absolute Gasteiger partial charge is 0.0991 e. The molecule has 8 aromatic carbocycles. The van der Waals surface area contributed by atoms with Crippen LogP contribution in [0.4, 0.5) is 0 Å². The van der Waals surface area contributed by atoms with E-state index in [0.29, 0.717) is 5.56 Å². The van der Waals surface area contributed by atoms with Gasteiger partial charge in [0.2, 0.25) is 0 Å². The Morgan fingerprint density at radius 3 is 1.42 bits per heavy atom. The molecule has 8 aromatic rings. The summed E-state index contributed by atoms with van der Waals surface area (Å²) < 4.78 is 0. The SMILES string of the molecule is C=C(/C=C(/c1ccc(-c2ccccc2)cc1)c1cc(-c2ccc(-c3ccc(C#N)cc3)cc2)c2ccccc2c1)c1ccc(-c2ccccc2)cc1. The van der Waals surface area contributed by atoms with Crippen LogP contribution in [-0.4, -0.2) is 0 Å². The molecule has 0 spiro atoms. The van der Waals surface area contributed by atoms with Crippen LogP contribution in [0.3, 0.4) is 0 Å². The lowest BCUT2D eigenvalue weighted by atomic mass is 9.88. The van der Waals surface area contributed by atoms with Crippen molar-refractivity contribution >= 4 is 21.9 Å². The van der Waals surface area contributed by atoms with Crippen molar-refractivity contribution in [3.8, 4) is 50.6 Å². The molecule has 0 aliphatic heterocycles. The highest BCUT2D eigenvalue weighted by Crippen LogP contribution is 2.37. The molecule has 0 bridgehead atoms. The van der Waals surface area contributed by atoms with E-state index >= 15 is 0 Å². The van der Waals surface area contributed by atoms with Crippen molar-refractivity contribution in [3.63, 3.8) is 0 Å². The standard InChI is InChI=1S/C51H35N/c1-36(38-20-22-42(23-21-38)39-10-4-2-5-11-39)32-50(45-28-24-43(25-29-45)40-12-6-3-7-13-40)48-33-47-14-8-9-15-49(47)51(34-48)46-30-26-44(27-31-46)41-18-16-37(35-52)17-19-41/h2-34H,1H2/b50-32-. The lowest BCUT2D eigenvalue weighted by Crippen LogP contribution is -1.93. The van der Waals surface area contributed by atoms with Crippen molar-refractivity contribution in [1.29, 1.82) is 5.26 Å². The van der Waals surface area contributed by atoms with Crippen molar-refractivity contribution in [3.05, 3.63) is 229 Å². The summed E-state index contributed by atoms with van der Waals surface area (Å²) in [6.07, 6.45) is 2.23. The zero-order chi connectivity index (χ0) is 35.3. The summed E-state index contributed by atoms with van der Waals surface area (Å²) in [4.78, 5) is 0. The Hall–Kier alpha value is -7.01. The number of allylic oxidation sites excluding steroid dienone is 2. The van der Waals surface area contributed by atoms with Gasteiger partial charge in [-0.2, -0.15) is 5.26 Å². The van der Waals surface area contributed by atoms with E-state index in [2.05, 4.69) is 183 Å². The predicted molar refractivity (Wildman–Crippen MR) is 219 cm³/mol. The number of nitrogens with zero attached hydrogens (tertiary/aromatic N) is 1. The summed E-state index contributed by atoms with van der Waals surface area (Å²) in [5, 5.41) is 11.6. The highest BCUT2D eigenvalue weighted by molar-refractivity contribution is 6.02. The van der Waals surface area contributed by atoms with Crippen LogP contribution in [0.25, 0.3) is 66.4 Å². The van der Waals surface area contributed by atoms with Crippen LogP contribution in [0.1, 0.15) is 22.3 Å². The van der Waals surface area contributed by atoms with Gasteiger partial charge in [0.05, 0.1) is 11.6 Å². The van der Waals surface area contributed by atoms with Crippen LogP contribution in [-0.2, 0) is 0 Å². The van der Waals surface area contributed by atoms with Gasteiger partial charge in [0, 0.05) is 0 Å². The molecule has 0 aromatic heterocycles. The van der Waals surface area contributed by atoms with Crippen LogP contribution < -0.4 is 0 Å². The van der Waals surface area contributed by atoms with Crippen molar-refractivity contribution in [1.82, 2.24) is 0 Å². The number of benzene rings is 8. The third kappa shape index (κ3) is 6.75. The summed E-state index contributed by atoms with van der Waals surface area (Å²) in [6, 6.07) is 70.4. The van der Waals surface area contributed by atoms with Gasteiger partial charge in [0.25, 0.3) is 0 Å². The van der Waals surface area contributed by atoms with Gasteiger partial charge in [0.1, 0.15) is 0 Å². The first-order valence-electron chi connectivity index (χ1n) is 17.5. The summed E-state index contributed by atoms with van der Waals surface area (Å²) in [7, 11) is 0. The number of hydrogen-bond donors (Lipinski definition) is 0. The minimum absolute atomic E-state index is 0.661. The monoisotopic (exact) mass is 661 g/mol. The first-order valence-corrected chi connectivity index (χ1v) is 17.5. The first-order chi connectivity index (χ1) is 25.6. The lowest BCUT2D eigenvalue weighted by molar-refractivity contribution is 1.48. The molecule has 0 saturated carbocycles. The number of fused-ring (bicyclic) bond motifs is 1. The molecule has 52 heavy (non-hydrogen) atoms. The zero-order valence-corrected chi connectivity index (χ0v) is 28.7. The second kappa shape index (κ2) is 14.5. The van der Waals surface area contributed by atoms with E-state index in [1.807, 2.05) is 30.3 Å². The molecule has 1 heteroatoms. The lowest BCUT2D eigenvalue weighted by Gasteiger charge is -2.16. The van der Waals surface area contributed by atoms with Crippen LogP contribution in [0.15, 0.2) is 207 Å². The van der Waals surface area contributed by atoms with Crippen LogP contribution >= 0.6 is 0 Å². The third-order valence-corrected chi connectivity index (χ3v) is 9.70. The maximum atomic E-state index is 9.24. The number of nitriles is 1. The van der Waals surface area contributed by atoms with E-state index in [-0.39, 0.29) is 0 Å². The van der Waals surface area contributed by atoms with Crippen LogP contribution in [0.2, 0.25) is 0 Å². The number of hydrogen-bond acceptors (Lipinski definition) is 1. The van der Waals surface area contributed by atoms with Crippen LogP contribution in [0, 0.1) is 11.3 Å². The first kappa shape index (κ1) is 32.2. The van der Waals surface area contributed by atoms with Crippen molar-refractivity contribution in [2.45, 2.75) is 0 Å². The van der Waals surface area contributed by atoms with Gasteiger partial charge in [-0.25, -0.2) is 0 Å². The van der Waals surface area contributed by atoms with Gasteiger partial charge in [-0.05, 0) is 113 Å². The largest absolute Gasteiger partial charge is 0.192 e. The fourth-order valence-electron chi connectivity index (χ4n) is 6.86. The Bertz CT molecular complexity index is 2570. The fraction of sp³-hybridized carbons (Fsp3) is 0. The Labute approximate surface area is 305 Å². The summed E-state index contributed by atoms with van der Waals surface area (Å²) >= 11 is 0. The van der Waals surface area contributed by atoms with E-state index in [0.717, 1.165) is 44.5 Å². The molecule has 0 aliphatic rings. The van der Waals surface area contributed by atoms with E-state index in [4.69, 9.17) is 0 Å². The molecule has 0 radical (unpaired) electrons. The molecule has 0 heterocycles. The van der Waals surface area contributed by atoms with Crippen molar-refractivity contribution in [2.24, 2.45) is 0 Å².